The highest BCUT2D eigenvalue weighted by atomic mass is 32.2. The molecule has 7 heteroatoms. The third kappa shape index (κ3) is 3.41. The van der Waals surface area contributed by atoms with Crippen molar-refractivity contribution < 1.29 is 9.00 Å². The molecule has 1 amide bonds. The van der Waals surface area contributed by atoms with Crippen molar-refractivity contribution >= 4 is 16.7 Å². The van der Waals surface area contributed by atoms with Crippen LogP contribution in [-0.4, -0.2) is 43.3 Å². The van der Waals surface area contributed by atoms with E-state index in [0.29, 0.717) is 18.8 Å². The van der Waals surface area contributed by atoms with E-state index < -0.39 is 10.8 Å². The molecule has 0 saturated carbocycles. The highest BCUT2D eigenvalue weighted by molar-refractivity contribution is 7.84. The van der Waals surface area contributed by atoms with Crippen molar-refractivity contribution in [1.29, 1.82) is 0 Å². The van der Waals surface area contributed by atoms with E-state index >= 15 is 0 Å². The van der Waals surface area contributed by atoms with E-state index in [1.807, 2.05) is 13.8 Å². The average Bonchev–Trinajstić information content (AvgIpc) is 2.73. The number of nitrogens with zero attached hydrogens (tertiary/aromatic N) is 2. The molecular weight excluding hydrogens is 228 g/mol. The maximum Gasteiger partial charge on any atom is 0.290 e. The number of carbonyl (C=O) groups excluding carboxylic acids is 1. The van der Waals surface area contributed by atoms with Crippen molar-refractivity contribution in [3.05, 3.63) is 11.6 Å². The second-order valence-electron chi connectivity index (χ2n) is 3.48. The average molecular weight is 244 g/mol. The minimum Gasteiger partial charge on any atom is -0.348 e. The van der Waals surface area contributed by atoms with E-state index in [-0.39, 0.29) is 17.0 Å². The normalized spacial score (nSPS) is 14.4. The molecule has 0 saturated heterocycles. The van der Waals surface area contributed by atoms with Gasteiger partial charge in [-0.25, -0.2) is 4.98 Å². The molecular formula is C9H16N4O2S. The fourth-order valence-corrected chi connectivity index (χ4v) is 1.31. The number of hydrogen-bond acceptors (Lipinski definition) is 4. The first-order valence-corrected chi connectivity index (χ1v) is 6.68. The number of aromatic nitrogens is 3. The molecule has 0 aliphatic rings. The fraction of sp³-hybridized carbons (Fsp3) is 0.667. The minimum absolute atomic E-state index is 0.0754. The Morgan fingerprint density at radius 2 is 2.31 bits per heavy atom. The number of rotatable bonds is 5. The highest BCUT2D eigenvalue weighted by Crippen LogP contribution is 1.95. The van der Waals surface area contributed by atoms with Crippen LogP contribution in [0.25, 0.3) is 0 Å². The lowest BCUT2D eigenvalue weighted by molar-refractivity contribution is 0.0944. The second kappa shape index (κ2) is 5.74. The lowest BCUT2D eigenvalue weighted by Gasteiger charge is -2.07. The van der Waals surface area contributed by atoms with Gasteiger partial charge in [0.2, 0.25) is 5.82 Å². The molecule has 2 atom stereocenters. The first-order valence-electron chi connectivity index (χ1n) is 5.06. The Hall–Kier alpha value is -1.24. The summed E-state index contributed by atoms with van der Waals surface area (Å²) in [4.78, 5) is 15.5. The molecule has 1 aromatic heterocycles. The zero-order chi connectivity index (χ0) is 12.1. The van der Waals surface area contributed by atoms with Gasteiger partial charge in [-0.2, -0.15) is 0 Å². The Labute approximate surface area is 96.7 Å². The predicted octanol–water partition coefficient (Wildman–Crippen LogP) is -0.136. The minimum atomic E-state index is -0.943. The van der Waals surface area contributed by atoms with Gasteiger partial charge in [-0.3, -0.25) is 14.1 Å². The van der Waals surface area contributed by atoms with Crippen LogP contribution in [0.1, 0.15) is 30.3 Å². The van der Waals surface area contributed by atoms with Crippen LogP contribution < -0.4 is 5.32 Å². The van der Waals surface area contributed by atoms with Gasteiger partial charge in [0.15, 0.2) is 0 Å². The molecule has 0 bridgehead atoms. The van der Waals surface area contributed by atoms with Gasteiger partial charge in [-0.15, -0.1) is 5.10 Å². The molecule has 90 valence electrons. The molecule has 0 spiro atoms. The van der Waals surface area contributed by atoms with Crippen LogP contribution in [0.5, 0.6) is 0 Å². The molecule has 1 aromatic rings. The standard InChI is InChI=1S/C9H16N4O2S/c1-4-7-11-8(13-12-7)9(14)10-5-6(2)16(3)15/h6H,4-5H2,1-3H3,(H,10,14)(H,11,12,13). The summed E-state index contributed by atoms with van der Waals surface area (Å²) in [5.74, 6) is 0.469. The van der Waals surface area contributed by atoms with Crippen molar-refractivity contribution in [2.24, 2.45) is 0 Å². The van der Waals surface area contributed by atoms with Gasteiger partial charge in [0.05, 0.1) is 0 Å². The Morgan fingerprint density at radius 3 is 2.81 bits per heavy atom. The first-order chi connectivity index (χ1) is 7.54. The van der Waals surface area contributed by atoms with Gasteiger partial charge >= 0.3 is 0 Å². The summed E-state index contributed by atoms with van der Waals surface area (Å²) in [5, 5.41) is 9.02. The van der Waals surface area contributed by atoms with Crippen LogP contribution >= 0.6 is 0 Å². The van der Waals surface area contributed by atoms with Crippen molar-refractivity contribution in [2.45, 2.75) is 25.5 Å². The lowest BCUT2D eigenvalue weighted by atomic mass is 10.4. The van der Waals surface area contributed by atoms with Crippen LogP contribution in [0.2, 0.25) is 0 Å². The van der Waals surface area contributed by atoms with Crippen LogP contribution in [0.3, 0.4) is 0 Å². The van der Waals surface area contributed by atoms with Gasteiger partial charge < -0.3 is 5.32 Å². The van der Waals surface area contributed by atoms with Crippen LogP contribution in [0, 0.1) is 0 Å². The maximum absolute atomic E-state index is 11.5. The molecule has 2 N–H and O–H groups in total. The zero-order valence-electron chi connectivity index (χ0n) is 9.61. The third-order valence-electron chi connectivity index (χ3n) is 2.19. The molecule has 1 rings (SSSR count). The predicted molar refractivity (Wildman–Crippen MR) is 61.6 cm³/mol. The molecule has 1 heterocycles. The Morgan fingerprint density at radius 1 is 1.62 bits per heavy atom. The van der Waals surface area contributed by atoms with E-state index in [1.165, 1.54) is 0 Å². The topological polar surface area (TPSA) is 87.7 Å². The van der Waals surface area contributed by atoms with E-state index in [9.17, 15) is 9.00 Å². The van der Waals surface area contributed by atoms with Crippen molar-refractivity contribution in [1.82, 2.24) is 20.5 Å². The van der Waals surface area contributed by atoms with Crippen LogP contribution in [0.4, 0.5) is 0 Å². The number of aromatic amines is 1. The van der Waals surface area contributed by atoms with Crippen LogP contribution in [0.15, 0.2) is 0 Å². The van der Waals surface area contributed by atoms with Gasteiger partial charge in [-0.05, 0) is 6.92 Å². The molecule has 16 heavy (non-hydrogen) atoms. The largest absolute Gasteiger partial charge is 0.348 e. The summed E-state index contributed by atoms with van der Waals surface area (Å²) in [7, 11) is -0.943. The summed E-state index contributed by atoms with van der Waals surface area (Å²) in [5.41, 5.74) is 0. The highest BCUT2D eigenvalue weighted by Gasteiger charge is 2.13. The SMILES string of the molecule is CCc1nc(C(=O)NCC(C)S(C)=O)n[nH]1. The van der Waals surface area contributed by atoms with Gasteiger partial charge in [0.1, 0.15) is 5.82 Å². The zero-order valence-corrected chi connectivity index (χ0v) is 10.4. The van der Waals surface area contributed by atoms with Gasteiger partial charge in [0, 0.05) is 35.3 Å². The quantitative estimate of drug-likeness (QED) is 0.755. The van der Waals surface area contributed by atoms with E-state index in [1.54, 1.807) is 6.26 Å². The van der Waals surface area contributed by atoms with Crippen LogP contribution in [-0.2, 0) is 17.2 Å². The molecule has 6 nitrogen and oxygen atoms in total. The summed E-state index contributed by atoms with van der Waals surface area (Å²) in [6, 6.07) is 0. The summed E-state index contributed by atoms with van der Waals surface area (Å²) in [6.07, 6.45) is 2.31. The molecule has 0 fully saturated rings. The lowest BCUT2D eigenvalue weighted by Crippen LogP contribution is -2.33. The Bertz CT molecular complexity index is 391. The molecule has 0 aliphatic heterocycles. The molecule has 0 radical (unpaired) electrons. The molecule has 0 aliphatic carbocycles. The maximum atomic E-state index is 11.5. The van der Waals surface area contributed by atoms with Crippen molar-refractivity contribution in [3.63, 3.8) is 0 Å². The second-order valence-corrected chi connectivity index (χ2v) is 5.28. The molecule has 2 unspecified atom stereocenters. The van der Waals surface area contributed by atoms with E-state index in [0.717, 1.165) is 0 Å². The number of H-pyrrole nitrogens is 1. The number of carbonyl (C=O) groups is 1. The number of nitrogens with one attached hydrogen (secondary N) is 2. The smallest absolute Gasteiger partial charge is 0.290 e. The fourth-order valence-electron chi connectivity index (χ4n) is 0.988. The van der Waals surface area contributed by atoms with Crippen molar-refractivity contribution in [2.75, 3.05) is 12.8 Å². The number of aryl methyl sites for hydroxylation is 1. The van der Waals surface area contributed by atoms with E-state index in [2.05, 4.69) is 20.5 Å². The summed E-state index contributed by atoms with van der Waals surface area (Å²) in [6.45, 7) is 4.09. The number of hydrogen-bond donors (Lipinski definition) is 2. The number of amides is 1. The monoisotopic (exact) mass is 244 g/mol. The molecule has 0 aromatic carbocycles. The summed E-state index contributed by atoms with van der Waals surface area (Å²) < 4.78 is 11.1. The van der Waals surface area contributed by atoms with Crippen molar-refractivity contribution in [3.8, 4) is 0 Å². The van der Waals surface area contributed by atoms with Gasteiger partial charge in [-0.1, -0.05) is 6.92 Å². The Kier molecular flexibility index (Phi) is 4.60. The van der Waals surface area contributed by atoms with E-state index in [4.69, 9.17) is 0 Å². The Balaban J connectivity index is 2.49. The summed E-state index contributed by atoms with van der Waals surface area (Å²) >= 11 is 0. The van der Waals surface area contributed by atoms with Gasteiger partial charge in [0.25, 0.3) is 5.91 Å². The third-order valence-corrected chi connectivity index (χ3v) is 3.49. The first kappa shape index (κ1) is 12.8.